The summed E-state index contributed by atoms with van der Waals surface area (Å²) in [4.78, 5) is 20.6. The molecule has 2 heterocycles. The lowest BCUT2D eigenvalue weighted by Gasteiger charge is -2.13. The lowest BCUT2D eigenvalue weighted by Crippen LogP contribution is -2.10. The molecule has 0 atom stereocenters. The lowest BCUT2D eigenvalue weighted by molar-refractivity contribution is 0.995. The number of nitrogens with one attached hydrogen (secondary N) is 1. The summed E-state index contributed by atoms with van der Waals surface area (Å²) in [6.07, 6.45) is 3.99. The molecule has 0 aliphatic heterocycles. The SMILES string of the molecule is CSc1cc(Br)cc(Br)c1-n1cc(C)c2c(=O)[nH]c(C)nc21. The molecule has 7 heteroatoms. The minimum Gasteiger partial charge on any atom is -0.310 e. The first kappa shape index (κ1) is 15.8. The van der Waals surface area contributed by atoms with Crippen LogP contribution in [-0.4, -0.2) is 20.8 Å². The molecule has 114 valence electrons. The summed E-state index contributed by atoms with van der Waals surface area (Å²) in [5.41, 5.74) is 2.48. The fourth-order valence-corrected chi connectivity index (χ4v) is 4.87. The van der Waals surface area contributed by atoms with Crippen LogP contribution in [-0.2, 0) is 0 Å². The van der Waals surface area contributed by atoms with Crippen molar-refractivity contribution in [3.05, 3.63) is 49.0 Å². The van der Waals surface area contributed by atoms with Crippen molar-refractivity contribution in [3.63, 3.8) is 0 Å². The number of hydrogen-bond acceptors (Lipinski definition) is 3. The maximum absolute atomic E-state index is 12.2. The van der Waals surface area contributed by atoms with Crippen molar-refractivity contribution < 1.29 is 0 Å². The molecule has 3 rings (SSSR count). The van der Waals surface area contributed by atoms with Crippen molar-refractivity contribution >= 4 is 54.7 Å². The van der Waals surface area contributed by atoms with E-state index in [0.29, 0.717) is 16.9 Å². The van der Waals surface area contributed by atoms with Gasteiger partial charge in [0.25, 0.3) is 5.56 Å². The van der Waals surface area contributed by atoms with E-state index in [1.165, 1.54) is 0 Å². The van der Waals surface area contributed by atoms with Crippen LogP contribution in [0.4, 0.5) is 0 Å². The molecule has 0 aliphatic rings. The van der Waals surface area contributed by atoms with Crippen molar-refractivity contribution in [1.29, 1.82) is 0 Å². The van der Waals surface area contributed by atoms with Crippen LogP contribution in [0.3, 0.4) is 0 Å². The molecule has 1 N–H and O–H groups in total. The molecular formula is C15H13Br2N3OS. The molecule has 0 aliphatic carbocycles. The fourth-order valence-electron chi connectivity index (χ4n) is 2.52. The van der Waals surface area contributed by atoms with Gasteiger partial charge in [0, 0.05) is 20.0 Å². The molecule has 0 unspecified atom stereocenters. The van der Waals surface area contributed by atoms with Gasteiger partial charge in [0.1, 0.15) is 5.82 Å². The van der Waals surface area contributed by atoms with Gasteiger partial charge in [-0.1, -0.05) is 15.9 Å². The fraction of sp³-hybridized carbons (Fsp3) is 0.200. The van der Waals surface area contributed by atoms with Gasteiger partial charge in [-0.05, 0) is 53.7 Å². The van der Waals surface area contributed by atoms with Crippen LogP contribution in [0.1, 0.15) is 11.4 Å². The molecule has 22 heavy (non-hydrogen) atoms. The van der Waals surface area contributed by atoms with Crippen LogP contribution in [0.25, 0.3) is 16.7 Å². The van der Waals surface area contributed by atoms with Gasteiger partial charge in [0.05, 0.1) is 11.1 Å². The highest BCUT2D eigenvalue weighted by Crippen LogP contribution is 2.36. The van der Waals surface area contributed by atoms with Crippen molar-refractivity contribution in [1.82, 2.24) is 14.5 Å². The van der Waals surface area contributed by atoms with Gasteiger partial charge in [-0.25, -0.2) is 4.98 Å². The summed E-state index contributed by atoms with van der Waals surface area (Å²) in [6.45, 7) is 3.72. The monoisotopic (exact) mass is 441 g/mol. The zero-order valence-corrected chi connectivity index (χ0v) is 16.2. The van der Waals surface area contributed by atoms with E-state index in [1.807, 2.05) is 30.0 Å². The van der Waals surface area contributed by atoms with Crippen LogP contribution in [0.2, 0.25) is 0 Å². The average Bonchev–Trinajstić information content (AvgIpc) is 2.74. The highest BCUT2D eigenvalue weighted by atomic mass is 79.9. The summed E-state index contributed by atoms with van der Waals surface area (Å²) in [5, 5.41) is 0.632. The molecule has 0 amide bonds. The third-order valence-corrected chi connectivity index (χ3v) is 5.23. The standard InChI is InChI=1S/C15H13Br2N3OS/c1-7-6-20(14-12(7)15(21)19-8(2)18-14)13-10(17)4-9(16)5-11(13)22-3/h4-6H,1-3H3,(H,18,19,21). The first-order valence-electron chi connectivity index (χ1n) is 6.54. The quantitative estimate of drug-likeness (QED) is 0.591. The van der Waals surface area contributed by atoms with E-state index in [2.05, 4.69) is 47.9 Å². The Labute approximate surface area is 148 Å². The van der Waals surface area contributed by atoms with Gasteiger partial charge < -0.3 is 4.98 Å². The summed E-state index contributed by atoms with van der Waals surface area (Å²) in [5.74, 6) is 0.607. The zero-order valence-electron chi connectivity index (χ0n) is 12.2. The zero-order chi connectivity index (χ0) is 16.0. The molecule has 0 saturated heterocycles. The van der Waals surface area contributed by atoms with Crippen LogP contribution >= 0.6 is 43.6 Å². The first-order chi connectivity index (χ1) is 10.4. The van der Waals surface area contributed by atoms with Crippen LogP contribution in [0.15, 0.2) is 37.0 Å². The summed E-state index contributed by atoms with van der Waals surface area (Å²) >= 11 is 8.80. The third kappa shape index (κ3) is 2.55. The molecule has 3 aromatic rings. The van der Waals surface area contributed by atoms with Gasteiger partial charge in [-0.3, -0.25) is 9.36 Å². The number of fused-ring (bicyclic) bond motifs is 1. The molecule has 2 aromatic heterocycles. The van der Waals surface area contributed by atoms with Gasteiger partial charge in [-0.15, -0.1) is 11.8 Å². The number of thioether (sulfide) groups is 1. The Hall–Kier alpha value is -1.05. The smallest absolute Gasteiger partial charge is 0.260 e. The first-order valence-corrected chi connectivity index (χ1v) is 9.35. The number of rotatable bonds is 2. The normalized spacial score (nSPS) is 11.3. The number of aryl methyl sites for hydroxylation is 2. The summed E-state index contributed by atoms with van der Waals surface area (Å²) in [6, 6.07) is 4.06. The summed E-state index contributed by atoms with van der Waals surface area (Å²) < 4.78 is 3.93. The number of aromatic nitrogens is 3. The lowest BCUT2D eigenvalue weighted by atomic mass is 10.3. The Balaban J connectivity index is 2.44. The molecule has 1 aromatic carbocycles. The van der Waals surface area contributed by atoms with Crippen LogP contribution in [0.5, 0.6) is 0 Å². The van der Waals surface area contributed by atoms with Crippen LogP contribution < -0.4 is 5.56 Å². The number of aromatic amines is 1. The van der Waals surface area contributed by atoms with Crippen molar-refractivity contribution in [2.75, 3.05) is 6.26 Å². The third-order valence-electron chi connectivity index (χ3n) is 3.42. The van der Waals surface area contributed by atoms with Gasteiger partial charge in [-0.2, -0.15) is 0 Å². The van der Waals surface area contributed by atoms with Gasteiger partial charge in [0.15, 0.2) is 5.65 Å². The molecule has 0 fully saturated rings. The molecule has 0 bridgehead atoms. The van der Waals surface area contributed by atoms with E-state index in [-0.39, 0.29) is 5.56 Å². The van der Waals surface area contributed by atoms with Gasteiger partial charge in [0.2, 0.25) is 0 Å². The number of H-pyrrole nitrogens is 1. The second-order valence-corrected chi connectivity index (χ2v) is 7.59. The van der Waals surface area contributed by atoms with E-state index < -0.39 is 0 Å². The Kier molecular flexibility index (Phi) is 4.22. The maximum Gasteiger partial charge on any atom is 0.260 e. The Morgan fingerprint density at radius 1 is 1.27 bits per heavy atom. The minimum absolute atomic E-state index is 0.0994. The van der Waals surface area contributed by atoms with Crippen molar-refractivity contribution in [2.24, 2.45) is 0 Å². The second-order valence-electron chi connectivity index (χ2n) is 4.97. The molecule has 0 saturated carbocycles. The predicted octanol–water partition coefficient (Wildman–Crippen LogP) is 4.58. The van der Waals surface area contributed by atoms with Gasteiger partial charge >= 0.3 is 0 Å². The topological polar surface area (TPSA) is 50.7 Å². The minimum atomic E-state index is -0.0994. The average molecular weight is 443 g/mol. The molecule has 0 radical (unpaired) electrons. The number of nitrogens with zero attached hydrogens (tertiary/aromatic N) is 2. The Bertz CT molecular complexity index is 946. The highest BCUT2D eigenvalue weighted by Gasteiger charge is 2.17. The number of hydrogen-bond donors (Lipinski definition) is 1. The van der Waals surface area contributed by atoms with E-state index >= 15 is 0 Å². The number of benzene rings is 1. The predicted molar refractivity (Wildman–Crippen MR) is 98.3 cm³/mol. The Morgan fingerprint density at radius 3 is 2.68 bits per heavy atom. The van der Waals surface area contributed by atoms with E-state index in [9.17, 15) is 4.79 Å². The number of halogens is 2. The van der Waals surface area contributed by atoms with E-state index in [1.54, 1.807) is 18.7 Å². The maximum atomic E-state index is 12.2. The second kappa shape index (κ2) is 5.86. The molecular weight excluding hydrogens is 430 g/mol. The molecule has 4 nitrogen and oxygen atoms in total. The highest BCUT2D eigenvalue weighted by molar-refractivity contribution is 9.11. The van der Waals surface area contributed by atoms with E-state index in [4.69, 9.17) is 0 Å². The van der Waals surface area contributed by atoms with Crippen LogP contribution in [0, 0.1) is 13.8 Å². The largest absolute Gasteiger partial charge is 0.310 e. The summed E-state index contributed by atoms with van der Waals surface area (Å²) in [7, 11) is 0. The van der Waals surface area contributed by atoms with Crippen molar-refractivity contribution in [2.45, 2.75) is 18.7 Å². The molecule has 0 spiro atoms. The van der Waals surface area contributed by atoms with E-state index in [0.717, 1.165) is 25.1 Å². The Morgan fingerprint density at radius 2 is 2.00 bits per heavy atom. The van der Waals surface area contributed by atoms with Crippen molar-refractivity contribution in [3.8, 4) is 5.69 Å².